The minimum Gasteiger partial charge on any atom is -0.379 e. The number of ether oxygens (including phenoxy) is 5. The van der Waals surface area contributed by atoms with Crippen LogP contribution in [0.3, 0.4) is 0 Å². The molecule has 2 aliphatic rings. The van der Waals surface area contributed by atoms with Crippen molar-refractivity contribution in [2.24, 2.45) is 0 Å². The normalized spacial score (nSPS) is 31.5. The van der Waals surface area contributed by atoms with Crippen LogP contribution in [0.5, 0.6) is 0 Å². The molecule has 0 amide bonds. The lowest BCUT2D eigenvalue weighted by Crippen LogP contribution is -2.40. The molecule has 2 atom stereocenters. The monoisotopic (exact) mass is 260 g/mol. The zero-order valence-electron chi connectivity index (χ0n) is 11.2. The van der Waals surface area contributed by atoms with Crippen molar-refractivity contribution < 1.29 is 23.7 Å². The standard InChI is InChI=1S/C13H24O5/c1-14-11-18-13(5-2-3-8-17-13)6-4-7-15-9-12-10-16-12/h12H,2-11H2,1H3. The Hall–Kier alpha value is -0.200. The molecule has 2 unspecified atom stereocenters. The van der Waals surface area contributed by atoms with Crippen molar-refractivity contribution in [1.82, 2.24) is 0 Å². The van der Waals surface area contributed by atoms with Gasteiger partial charge < -0.3 is 23.7 Å². The average Bonchev–Trinajstić information content (AvgIpc) is 3.21. The quantitative estimate of drug-likeness (QED) is 0.359. The molecule has 2 saturated heterocycles. The average molecular weight is 260 g/mol. The third-order valence-electron chi connectivity index (χ3n) is 3.31. The Balaban J connectivity index is 1.63. The molecule has 0 aliphatic carbocycles. The third-order valence-corrected chi connectivity index (χ3v) is 3.31. The molecule has 0 bridgehead atoms. The summed E-state index contributed by atoms with van der Waals surface area (Å²) in [4.78, 5) is 0. The van der Waals surface area contributed by atoms with E-state index in [2.05, 4.69) is 0 Å². The van der Waals surface area contributed by atoms with E-state index in [0.29, 0.717) is 12.7 Å². The molecule has 5 heteroatoms. The van der Waals surface area contributed by atoms with E-state index in [1.165, 1.54) is 0 Å². The summed E-state index contributed by atoms with van der Waals surface area (Å²) in [6.45, 7) is 3.37. The highest BCUT2D eigenvalue weighted by Crippen LogP contribution is 2.30. The van der Waals surface area contributed by atoms with E-state index in [9.17, 15) is 0 Å². The summed E-state index contributed by atoms with van der Waals surface area (Å²) in [5.74, 6) is -0.451. The maximum atomic E-state index is 5.83. The molecule has 0 radical (unpaired) electrons. The van der Waals surface area contributed by atoms with Crippen molar-refractivity contribution >= 4 is 0 Å². The summed E-state index contributed by atoms with van der Waals surface area (Å²) < 4.78 is 27.2. The van der Waals surface area contributed by atoms with Gasteiger partial charge >= 0.3 is 0 Å². The van der Waals surface area contributed by atoms with Gasteiger partial charge in [0, 0.05) is 26.6 Å². The van der Waals surface area contributed by atoms with E-state index in [0.717, 1.165) is 51.9 Å². The van der Waals surface area contributed by atoms with Gasteiger partial charge in [0.25, 0.3) is 0 Å². The number of methoxy groups -OCH3 is 1. The zero-order valence-corrected chi connectivity index (χ0v) is 11.2. The summed E-state index contributed by atoms with van der Waals surface area (Å²) in [5.41, 5.74) is 0. The second-order valence-electron chi connectivity index (χ2n) is 4.90. The smallest absolute Gasteiger partial charge is 0.171 e. The molecule has 0 spiro atoms. The van der Waals surface area contributed by atoms with Crippen LogP contribution in [0.25, 0.3) is 0 Å². The van der Waals surface area contributed by atoms with E-state index in [1.807, 2.05) is 0 Å². The maximum absolute atomic E-state index is 5.83. The number of epoxide rings is 1. The van der Waals surface area contributed by atoms with Crippen LogP contribution in [-0.4, -0.2) is 52.2 Å². The van der Waals surface area contributed by atoms with Crippen molar-refractivity contribution in [3.63, 3.8) is 0 Å². The molecular formula is C13H24O5. The fourth-order valence-corrected chi connectivity index (χ4v) is 2.20. The number of hydrogen-bond acceptors (Lipinski definition) is 5. The largest absolute Gasteiger partial charge is 0.379 e. The number of hydrogen-bond donors (Lipinski definition) is 0. The fraction of sp³-hybridized carbons (Fsp3) is 1.00. The van der Waals surface area contributed by atoms with Crippen LogP contribution in [-0.2, 0) is 23.7 Å². The van der Waals surface area contributed by atoms with E-state index in [4.69, 9.17) is 23.7 Å². The summed E-state index contributed by atoms with van der Waals surface area (Å²) in [6.07, 6.45) is 5.36. The van der Waals surface area contributed by atoms with Crippen molar-refractivity contribution in [1.29, 1.82) is 0 Å². The molecule has 106 valence electrons. The van der Waals surface area contributed by atoms with Crippen molar-refractivity contribution in [2.45, 2.75) is 44.0 Å². The lowest BCUT2D eigenvalue weighted by Gasteiger charge is -2.36. The van der Waals surface area contributed by atoms with Gasteiger partial charge in [0.05, 0.1) is 19.8 Å². The molecule has 0 N–H and O–H groups in total. The van der Waals surface area contributed by atoms with Gasteiger partial charge in [-0.1, -0.05) is 0 Å². The number of rotatable bonds is 9. The predicted molar refractivity (Wildman–Crippen MR) is 65.3 cm³/mol. The van der Waals surface area contributed by atoms with Crippen LogP contribution in [0.15, 0.2) is 0 Å². The zero-order chi connectivity index (χ0) is 12.7. The third kappa shape index (κ3) is 4.82. The highest BCUT2D eigenvalue weighted by molar-refractivity contribution is 4.74. The van der Waals surface area contributed by atoms with Gasteiger partial charge in [-0.15, -0.1) is 0 Å². The van der Waals surface area contributed by atoms with Gasteiger partial charge in [0.2, 0.25) is 0 Å². The van der Waals surface area contributed by atoms with Crippen LogP contribution in [0.1, 0.15) is 32.1 Å². The van der Waals surface area contributed by atoms with Crippen molar-refractivity contribution in [2.75, 3.05) is 40.3 Å². The second-order valence-corrected chi connectivity index (χ2v) is 4.90. The Morgan fingerprint density at radius 2 is 2.22 bits per heavy atom. The Bertz CT molecular complexity index is 223. The first-order valence-corrected chi connectivity index (χ1v) is 6.81. The molecule has 5 nitrogen and oxygen atoms in total. The first kappa shape index (κ1) is 14.2. The minimum atomic E-state index is -0.451. The van der Waals surface area contributed by atoms with E-state index in [-0.39, 0.29) is 6.79 Å². The molecule has 0 aromatic carbocycles. The van der Waals surface area contributed by atoms with Gasteiger partial charge in [0.1, 0.15) is 12.9 Å². The molecule has 0 saturated carbocycles. The van der Waals surface area contributed by atoms with Gasteiger partial charge in [-0.3, -0.25) is 0 Å². The highest BCUT2D eigenvalue weighted by Gasteiger charge is 2.34. The Morgan fingerprint density at radius 3 is 2.89 bits per heavy atom. The molecule has 0 aromatic rings. The molecule has 2 heterocycles. The molecular weight excluding hydrogens is 236 g/mol. The molecule has 2 fully saturated rings. The molecule has 2 rings (SSSR count). The summed E-state index contributed by atoms with van der Waals surface area (Å²) >= 11 is 0. The van der Waals surface area contributed by atoms with Crippen molar-refractivity contribution in [3.05, 3.63) is 0 Å². The predicted octanol–water partition coefficient (Wildman–Crippen LogP) is 1.70. The first-order valence-electron chi connectivity index (χ1n) is 6.81. The Labute approximate surface area is 109 Å². The lowest BCUT2D eigenvalue weighted by atomic mass is 10.0. The Kier molecular flexibility index (Phi) is 5.85. The summed E-state index contributed by atoms with van der Waals surface area (Å²) in [5, 5.41) is 0. The van der Waals surface area contributed by atoms with Crippen LogP contribution in [0, 0.1) is 0 Å². The highest BCUT2D eigenvalue weighted by atomic mass is 16.8. The van der Waals surface area contributed by atoms with Crippen LogP contribution >= 0.6 is 0 Å². The van der Waals surface area contributed by atoms with E-state index >= 15 is 0 Å². The van der Waals surface area contributed by atoms with Crippen LogP contribution in [0.4, 0.5) is 0 Å². The second kappa shape index (κ2) is 7.40. The van der Waals surface area contributed by atoms with Gasteiger partial charge in [-0.25, -0.2) is 0 Å². The topological polar surface area (TPSA) is 49.5 Å². The van der Waals surface area contributed by atoms with E-state index < -0.39 is 5.79 Å². The van der Waals surface area contributed by atoms with Gasteiger partial charge in [0.15, 0.2) is 5.79 Å². The molecule has 2 aliphatic heterocycles. The van der Waals surface area contributed by atoms with Gasteiger partial charge in [-0.2, -0.15) is 0 Å². The van der Waals surface area contributed by atoms with Gasteiger partial charge in [-0.05, 0) is 19.3 Å². The van der Waals surface area contributed by atoms with E-state index in [1.54, 1.807) is 7.11 Å². The first-order chi connectivity index (χ1) is 8.85. The SMILES string of the molecule is COCOC1(CCCOCC2CO2)CCCCO1. The molecule has 0 aromatic heterocycles. The lowest BCUT2D eigenvalue weighted by molar-refractivity contribution is -0.287. The Morgan fingerprint density at radius 1 is 1.33 bits per heavy atom. The molecule has 18 heavy (non-hydrogen) atoms. The minimum absolute atomic E-state index is 0.288. The summed E-state index contributed by atoms with van der Waals surface area (Å²) in [7, 11) is 1.63. The summed E-state index contributed by atoms with van der Waals surface area (Å²) in [6, 6.07) is 0. The van der Waals surface area contributed by atoms with Crippen LogP contribution in [0.2, 0.25) is 0 Å². The maximum Gasteiger partial charge on any atom is 0.171 e. The van der Waals surface area contributed by atoms with Crippen LogP contribution < -0.4 is 0 Å². The van der Waals surface area contributed by atoms with Crippen molar-refractivity contribution in [3.8, 4) is 0 Å². The fourth-order valence-electron chi connectivity index (χ4n) is 2.20.